The number of hydrogen-bond acceptors (Lipinski definition) is 5. The van der Waals surface area contributed by atoms with E-state index in [4.69, 9.17) is 21.1 Å². The molecule has 3 heterocycles. The monoisotopic (exact) mass is 506 g/mol. The third-order valence-corrected chi connectivity index (χ3v) is 6.30. The van der Waals surface area contributed by atoms with Crippen LogP contribution >= 0.6 is 11.6 Å². The molecule has 8 nitrogen and oxygen atoms in total. The molecule has 0 aliphatic carbocycles. The molecule has 0 bridgehead atoms. The normalized spacial score (nSPS) is 15.9. The zero-order valence-electron chi connectivity index (χ0n) is 20.3. The van der Waals surface area contributed by atoms with E-state index in [9.17, 15) is 9.59 Å². The van der Waals surface area contributed by atoms with Crippen LogP contribution in [0.1, 0.15) is 33.2 Å². The first-order valence-corrected chi connectivity index (χ1v) is 12.2. The molecule has 2 aromatic carbocycles. The average molecular weight is 507 g/mol. The van der Waals surface area contributed by atoms with Gasteiger partial charge in [-0.25, -0.2) is 9.59 Å². The highest BCUT2D eigenvalue weighted by Gasteiger charge is 2.33. The smallest absolute Gasteiger partial charge is 0.410 e. The standard InChI is InChI=1S/C27H27ClN4O4/c1-27(2,3)36-26(34)30-14-12-19(17-30)32-22-11-13-29-16-23(22)31(25(32)33)18-9-10-24(21(28)15-18)35-20-7-5-4-6-8-20/h4-11,13,15-16,19H,12,14,17H2,1-3H3/t19-/m1/s1. The van der Waals surface area contributed by atoms with Gasteiger partial charge in [0, 0.05) is 19.3 Å². The number of halogens is 1. The van der Waals surface area contributed by atoms with E-state index in [1.807, 2.05) is 57.2 Å². The van der Waals surface area contributed by atoms with Crippen molar-refractivity contribution in [2.45, 2.75) is 38.8 Å². The van der Waals surface area contributed by atoms with Crippen molar-refractivity contribution >= 4 is 28.7 Å². The van der Waals surface area contributed by atoms with E-state index in [0.29, 0.717) is 47.2 Å². The van der Waals surface area contributed by atoms with Crippen LogP contribution in [0, 0.1) is 0 Å². The molecule has 186 valence electrons. The fraction of sp³-hybridized carbons (Fsp3) is 0.296. The lowest BCUT2D eigenvalue weighted by molar-refractivity contribution is 0.0289. The Morgan fingerprint density at radius 2 is 1.86 bits per heavy atom. The maximum absolute atomic E-state index is 13.8. The summed E-state index contributed by atoms with van der Waals surface area (Å²) in [4.78, 5) is 32.2. The Morgan fingerprint density at radius 1 is 1.08 bits per heavy atom. The number of aromatic nitrogens is 3. The van der Waals surface area contributed by atoms with Crippen LogP contribution in [0.15, 0.2) is 71.8 Å². The molecule has 0 radical (unpaired) electrons. The number of nitrogens with zero attached hydrogens (tertiary/aromatic N) is 4. The number of rotatable bonds is 4. The van der Waals surface area contributed by atoms with Gasteiger partial charge >= 0.3 is 11.8 Å². The predicted octanol–water partition coefficient (Wildman–Crippen LogP) is 5.81. The maximum atomic E-state index is 13.8. The van der Waals surface area contributed by atoms with Crippen LogP contribution in [-0.2, 0) is 4.74 Å². The van der Waals surface area contributed by atoms with Crippen LogP contribution in [0.5, 0.6) is 11.5 Å². The lowest BCUT2D eigenvalue weighted by Crippen LogP contribution is -2.36. The van der Waals surface area contributed by atoms with Gasteiger partial charge in [-0.15, -0.1) is 0 Å². The number of ether oxygens (including phenoxy) is 2. The molecular weight excluding hydrogens is 480 g/mol. The molecule has 0 saturated carbocycles. The van der Waals surface area contributed by atoms with Crippen LogP contribution in [-0.4, -0.2) is 43.8 Å². The van der Waals surface area contributed by atoms with E-state index in [1.165, 1.54) is 0 Å². The predicted molar refractivity (Wildman–Crippen MR) is 138 cm³/mol. The van der Waals surface area contributed by atoms with Crippen LogP contribution in [0.4, 0.5) is 4.79 Å². The van der Waals surface area contributed by atoms with Gasteiger partial charge in [0.2, 0.25) is 0 Å². The SMILES string of the molecule is CC(C)(C)OC(=O)N1CC[C@@H](n2c(=O)n(-c3ccc(Oc4ccccc4)c(Cl)c3)c3cnccc32)C1. The molecular formula is C27H27ClN4O4. The molecule has 2 aromatic heterocycles. The molecule has 0 spiro atoms. The van der Waals surface area contributed by atoms with Crippen molar-refractivity contribution in [3.8, 4) is 17.2 Å². The van der Waals surface area contributed by atoms with Crippen molar-refractivity contribution in [1.82, 2.24) is 19.0 Å². The van der Waals surface area contributed by atoms with E-state index < -0.39 is 5.60 Å². The Labute approximate surface area is 213 Å². The van der Waals surface area contributed by atoms with Crippen LogP contribution in [0.25, 0.3) is 16.7 Å². The first kappa shape index (κ1) is 23.9. The number of benzene rings is 2. The van der Waals surface area contributed by atoms with Crippen molar-refractivity contribution < 1.29 is 14.3 Å². The number of pyridine rings is 1. The van der Waals surface area contributed by atoms with E-state index in [2.05, 4.69) is 4.98 Å². The second-order valence-electron chi connectivity index (χ2n) is 9.75. The minimum absolute atomic E-state index is 0.188. The second kappa shape index (κ2) is 9.35. The fourth-order valence-electron chi connectivity index (χ4n) is 4.44. The molecule has 4 aromatic rings. The molecule has 1 aliphatic heterocycles. The van der Waals surface area contributed by atoms with E-state index in [0.717, 1.165) is 5.52 Å². The van der Waals surface area contributed by atoms with Gasteiger partial charge in [0.05, 0.1) is 34.0 Å². The number of likely N-dealkylation sites (tertiary alicyclic amines) is 1. The first-order valence-electron chi connectivity index (χ1n) is 11.8. The first-order chi connectivity index (χ1) is 17.2. The lowest BCUT2D eigenvalue weighted by atomic mass is 10.2. The number of fused-ring (bicyclic) bond motifs is 1. The highest BCUT2D eigenvalue weighted by molar-refractivity contribution is 6.32. The summed E-state index contributed by atoms with van der Waals surface area (Å²) in [6.07, 6.45) is 3.60. The number of para-hydroxylation sites is 1. The topological polar surface area (TPSA) is 78.6 Å². The molecule has 36 heavy (non-hydrogen) atoms. The summed E-state index contributed by atoms with van der Waals surface area (Å²) < 4.78 is 14.7. The maximum Gasteiger partial charge on any atom is 0.410 e. The summed E-state index contributed by atoms with van der Waals surface area (Å²) in [6.45, 7) is 6.42. The summed E-state index contributed by atoms with van der Waals surface area (Å²) in [5, 5.41) is 0.380. The average Bonchev–Trinajstić information content (AvgIpc) is 3.42. The molecule has 1 saturated heterocycles. The third kappa shape index (κ3) is 4.68. The summed E-state index contributed by atoms with van der Waals surface area (Å²) in [6, 6.07) is 16.2. The molecule has 1 aliphatic rings. The Kier molecular flexibility index (Phi) is 6.22. The molecule has 5 rings (SSSR count). The Morgan fingerprint density at radius 3 is 2.58 bits per heavy atom. The van der Waals surface area contributed by atoms with Gasteiger partial charge in [-0.1, -0.05) is 29.8 Å². The highest BCUT2D eigenvalue weighted by atomic mass is 35.5. The second-order valence-corrected chi connectivity index (χ2v) is 10.2. The summed E-state index contributed by atoms with van der Waals surface area (Å²) in [5.41, 5.74) is 1.20. The minimum Gasteiger partial charge on any atom is -0.456 e. The van der Waals surface area contributed by atoms with Gasteiger partial charge in [0.25, 0.3) is 0 Å². The Balaban J connectivity index is 1.48. The molecule has 1 atom stereocenters. The fourth-order valence-corrected chi connectivity index (χ4v) is 4.66. The molecule has 0 N–H and O–H groups in total. The zero-order valence-corrected chi connectivity index (χ0v) is 21.1. The van der Waals surface area contributed by atoms with Gasteiger partial charge in [0.1, 0.15) is 17.1 Å². The van der Waals surface area contributed by atoms with Gasteiger partial charge in [-0.2, -0.15) is 0 Å². The number of carbonyl (C=O) groups excluding carboxylic acids is 1. The largest absolute Gasteiger partial charge is 0.456 e. The molecule has 9 heteroatoms. The van der Waals surface area contributed by atoms with E-state index in [1.54, 1.807) is 44.6 Å². The van der Waals surface area contributed by atoms with Crippen LogP contribution < -0.4 is 10.4 Å². The lowest BCUT2D eigenvalue weighted by Gasteiger charge is -2.24. The summed E-state index contributed by atoms with van der Waals surface area (Å²) in [7, 11) is 0. The Hall–Kier alpha value is -3.78. The van der Waals surface area contributed by atoms with Crippen molar-refractivity contribution in [1.29, 1.82) is 0 Å². The van der Waals surface area contributed by atoms with Gasteiger partial charge in [0.15, 0.2) is 0 Å². The van der Waals surface area contributed by atoms with Crippen molar-refractivity contribution in [3.05, 3.63) is 82.5 Å². The third-order valence-electron chi connectivity index (χ3n) is 6.00. The molecule has 1 amide bonds. The number of imidazole rings is 1. The molecule has 1 fully saturated rings. The Bertz CT molecular complexity index is 1470. The van der Waals surface area contributed by atoms with Crippen molar-refractivity contribution in [3.63, 3.8) is 0 Å². The highest BCUT2D eigenvalue weighted by Crippen LogP contribution is 2.32. The quantitative estimate of drug-likeness (QED) is 0.349. The van der Waals surface area contributed by atoms with Crippen LogP contribution in [0.2, 0.25) is 5.02 Å². The van der Waals surface area contributed by atoms with E-state index >= 15 is 0 Å². The summed E-state index contributed by atoms with van der Waals surface area (Å²) >= 11 is 6.55. The summed E-state index contributed by atoms with van der Waals surface area (Å²) in [5.74, 6) is 1.16. The van der Waals surface area contributed by atoms with Crippen molar-refractivity contribution in [2.24, 2.45) is 0 Å². The zero-order chi connectivity index (χ0) is 25.4. The van der Waals surface area contributed by atoms with Crippen molar-refractivity contribution in [2.75, 3.05) is 13.1 Å². The number of amides is 1. The van der Waals surface area contributed by atoms with E-state index in [-0.39, 0.29) is 17.8 Å². The molecule has 0 unspecified atom stereocenters. The number of carbonyl (C=O) groups is 1. The van der Waals surface area contributed by atoms with Gasteiger partial charge < -0.3 is 14.4 Å². The van der Waals surface area contributed by atoms with Crippen LogP contribution in [0.3, 0.4) is 0 Å². The van der Waals surface area contributed by atoms with Gasteiger partial charge in [-0.05, 0) is 63.6 Å². The minimum atomic E-state index is -0.580. The number of hydrogen-bond donors (Lipinski definition) is 0. The van der Waals surface area contributed by atoms with Gasteiger partial charge in [-0.3, -0.25) is 14.1 Å².